The molecule has 0 aliphatic rings. The molecule has 190 valence electrons. The van der Waals surface area contributed by atoms with Gasteiger partial charge in [-0.2, -0.15) is 0 Å². The number of rotatable bonds is 11. The van der Waals surface area contributed by atoms with Gasteiger partial charge >= 0.3 is 0 Å². The van der Waals surface area contributed by atoms with Gasteiger partial charge in [-0.05, 0) is 19.9 Å². The number of methoxy groups -OCH3 is 2. The maximum Gasteiger partial charge on any atom is 0.259 e. The zero-order valence-corrected chi connectivity index (χ0v) is 21.0. The van der Waals surface area contributed by atoms with Crippen LogP contribution in [0.4, 0.5) is 17.3 Å². The Morgan fingerprint density at radius 3 is 2.47 bits per heavy atom. The summed E-state index contributed by atoms with van der Waals surface area (Å²) >= 11 is 0. The lowest BCUT2D eigenvalue weighted by Crippen LogP contribution is -2.22. The summed E-state index contributed by atoms with van der Waals surface area (Å²) in [7, 11) is 4.58. The minimum atomic E-state index is -0.457. The molecular formula is C25H30N6O5. The molecule has 2 amide bonds. The van der Waals surface area contributed by atoms with Crippen LogP contribution in [0.3, 0.4) is 0 Å². The maximum absolute atomic E-state index is 13.3. The quantitative estimate of drug-likeness (QED) is 0.344. The second-order valence-corrected chi connectivity index (χ2v) is 7.76. The third-order valence-corrected chi connectivity index (χ3v) is 5.08. The Balaban J connectivity index is 1.90. The number of hydrogen-bond acceptors (Lipinski definition) is 9. The number of aromatic nitrogens is 3. The van der Waals surface area contributed by atoms with E-state index in [9.17, 15) is 9.59 Å². The van der Waals surface area contributed by atoms with E-state index < -0.39 is 11.8 Å². The smallest absolute Gasteiger partial charge is 0.259 e. The van der Waals surface area contributed by atoms with Crippen LogP contribution in [0.5, 0.6) is 5.75 Å². The summed E-state index contributed by atoms with van der Waals surface area (Å²) in [5, 5.41) is 8.47. The molecule has 0 radical (unpaired) electrons. The fraction of sp³-hybridized carbons (Fsp3) is 0.320. The molecule has 3 aromatic rings. The fourth-order valence-corrected chi connectivity index (χ4v) is 3.49. The summed E-state index contributed by atoms with van der Waals surface area (Å²) < 4.78 is 16.1. The molecule has 3 rings (SSSR count). The van der Waals surface area contributed by atoms with Crippen LogP contribution < -0.4 is 20.7 Å². The van der Waals surface area contributed by atoms with Crippen LogP contribution in [0.15, 0.2) is 36.5 Å². The molecular weight excluding hydrogens is 464 g/mol. The first-order valence-corrected chi connectivity index (χ1v) is 11.2. The topological polar surface area (TPSA) is 137 Å². The van der Waals surface area contributed by atoms with E-state index in [0.29, 0.717) is 47.6 Å². The number of para-hydroxylation sites is 1. The van der Waals surface area contributed by atoms with E-state index in [-0.39, 0.29) is 17.9 Å². The third kappa shape index (κ3) is 6.74. The van der Waals surface area contributed by atoms with Crippen molar-refractivity contribution in [2.45, 2.75) is 20.5 Å². The van der Waals surface area contributed by atoms with Gasteiger partial charge in [-0.1, -0.05) is 12.1 Å². The zero-order valence-electron chi connectivity index (χ0n) is 21.0. The molecule has 11 heteroatoms. The van der Waals surface area contributed by atoms with E-state index >= 15 is 0 Å². The number of anilines is 3. The Labute approximate surface area is 209 Å². The highest BCUT2D eigenvalue weighted by molar-refractivity contribution is 6.10. The van der Waals surface area contributed by atoms with E-state index in [1.807, 2.05) is 13.0 Å². The number of aryl methyl sites for hydroxylation is 2. The van der Waals surface area contributed by atoms with Crippen molar-refractivity contribution in [1.29, 1.82) is 0 Å². The molecule has 0 atom stereocenters. The highest BCUT2D eigenvalue weighted by Crippen LogP contribution is 2.27. The van der Waals surface area contributed by atoms with Crippen molar-refractivity contribution in [2.24, 2.45) is 0 Å². The van der Waals surface area contributed by atoms with Gasteiger partial charge in [-0.3, -0.25) is 9.59 Å². The second kappa shape index (κ2) is 12.6. The van der Waals surface area contributed by atoms with Gasteiger partial charge in [0.05, 0.1) is 43.7 Å². The molecule has 0 aliphatic carbocycles. The molecule has 0 bridgehead atoms. The molecule has 0 saturated heterocycles. The summed E-state index contributed by atoms with van der Waals surface area (Å²) in [5.74, 6) is 1.06. The van der Waals surface area contributed by atoms with E-state index in [0.717, 1.165) is 5.69 Å². The Hall–Kier alpha value is -4.09. The van der Waals surface area contributed by atoms with Gasteiger partial charge in [0.25, 0.3) is 11.8 Å². The number of carbonyl (C=O) groups is 2. The third-order valence-electron chi connectivity index (χ3n) is 5.08. The lowest BCUT2D eigenvalue weighted by Gasteiger charge is -2.16. The van der Waals surface area contributed by atoms with Gasteiger partial charge in [0.15, 0.2) is 0 Å². The minimum absolute atomic E-state index is 0.199. The number of hydrogen-bond donors (Lipinski definition) is 3. The van der Waals surface area contributed by atoms with E-state index in [2.05, 4.69) is 30.9 Å². The van der Waals surface area contributed by atoms with E-state index in [4.69, 9.17) is 14.2 Å². The first-order chi connectivity index (χ1) is 17.4. The summed E-state index contributed by atoms with van der Waals surface area (Å²) in [4.78, 5) is 38.7. The van der Waals surface area contributed by atoms with Crippen LogP contribution in [0.2, 0.25) is 0 Å². The van der Waals surface area contributed by atoms with Crippen LogP contribution in [0.1, 0.15) is 37.8 Å². The van der Waals surface area contributed by atoms with Gasteiger partial charge in [-0.25, -0.2) is 15.0 Å². The van der Waals surface area contributed by atoms with Crippen molar-refractivity contribution >= 4 is 29.1 Å². The number of benzene rings is 1. The van der Waals surface area contributed by atoms with Crippen molar-refractivity contribution in [2.75, 3.05) is 45.1 Å². The molecule has 0 unspecified atom stereocenters. The number of nitrogens with one attached hydrogen (secondary N) is 3. The molecule has 2 aromatic heterocycles. The molecule has 0 spiro atoms. The summed E-state index contributed by atoms with van der Waals surface area (Å²) in [6.45, 7) is 4.76. The van der Waals surface area contributed by atoms with Crippen molar-refractivity contribution in [3.05, 3.63) is 64.7 Å². The molecule has 11 nitrogen and oxygen atoms in total. The molecule has 2 heterocycles. The highest BCUT2D eigenvalue weighted by atomic mass is 16.5. The number of nitrogens with zero attached hydrogens (tertiary/aromatic N) is 3. The van der Waals surface area contributed by atoms with Crippen LogP contribution >= 0.6 is 0 Å². The van der Waals surface area contributed by atoms with Gasteiger partial charge < -0.3 is 30.2 Å². The SMILES string of the molecule is CNC(=O)c1cnc(Nc2cc(C)nc(C)n2)cc1NC(=O)c1cccc(COCCOC)c1OC. The fourth-order valence-electron chi connectivity index (χ4n) is 3.49. The monoisotopic (exact) mass is 494 g/mol. The van der Waals surface area contributed by atoms with Crippen LogP contribution in [-0.4, -0.2) is 61.2 Å². The Morgan fingerprint density at radius 2 is 1.78 bits per heavy atom. The maximum atomic E-state index is 13.3. The van der Waals surface area contributed by atoms with Crippen LogP contribution in [-0.2, 0) is 16.1 Å². The van der Waals surface area contributed by atoms with E-state index in [1.165, 1.54) is 20.4 Å². The molecule has 36 heavy (non-hydrogen) atoms. The molecule has 0 saturated carbocycles. The van der Waals surface area contributed by atoms with E-state index in [1.54, 1.807) is 38.3 Å². The zero-order chi connectivity index (χ0) is 26.1. The number of carbonyl (C=O) groups excluding carboxylic acids is 2. The van der Waals surface area contributed by atoms with Crippen molar-refractivity contribution in [3.8, 4) is 5.75 Å². The minimum Gasteiger partial charge on any atom is -0.496 e. The predicted molar refractivity (Wildman–Crippen MR) is 135 cm³/mol. The van der Waals surface area contributed by atoms with Crippen LogP contribution in [0.25, 0.3) is 0 Å². The Bertz CT molecular complexity index is 1210. The lowest BCUT2D eigenvalue weighted by atomic mass is 10.1. The average molecular weight is 495 g/mol. The van der Waals surface area contributed by atoms with Crippen molar-refractivity contribution in [1.82, 2.24) is 20.3 Å². The molecule has 3 N–H and O–H groups in total. The Morgan fingerprint density at radius 1 is 0.972 bits per heavy atom. The summed E-state index contributed by atoms with van der Waals surface area (Å²) in [5.41, 5.74) is 2.26. The normalized spacial score (nSPS) is 10.6. The van der Waals surface area contributed by atoms with Gasteiger partial charge in [0.2, 0.25) is 0 Å². The van der Waals surface area contributed by atoms with Crippen molar-refractivity contribution < 1.29 is 23.8 Å². The molecule has 0 aliphatic heterocycles. The summed E-state index contributed by atoms with van der Waals surface area (Å²) in [6, 6.07) is 8.53. The number of ether oxygens (including phenoxy) is 3. The van der Waals surface area contributed by atoms with Gasteiger partial charge in [-0.15, -0.1) is 0 Å². The number of pyridine rings is 1. The first-order valence-electron chi connectivity index (χ1n) is 11.2. The highest BCUT2D eigenvalue weighted by Gasteiger charge is 2.20. The van der Waals surface area contributed by atoms with Gasteiger partial charge in [0.1, 0.15) is 23.2 Å². The molecule has 1 aromatic carbocycles. The van der Waals surface area contributed by atoms with Crippen LogP contribution in [0, 0.1) is 13.8 Å². The Kier molecular flexibility index (Phi) is 9.25. The average Bonchev–Trinajstić information content (AvgIpc) is 2.85. The predicted octanol–water partition coefficient (Wildman–Crippen LogP) is 3.02. The van der Waals surface area contributed by atoms with Gasteiger partial charge in [0, 0.05) is 43.7 Å². The van der Waals surface area contributed by atoms with Crippen molar-refractivity contribution in [3.63, 3.8) is 0 Å². The summed E-state index contributed by atoms with van der Waals surface area (Å²) in [6.07, 6.45) is 1.38. The largest absolute Gasteiger partial charge is 0.496 e. The first kappa shape index (κ1) is 26.5. The molecule has 0 fully saturated rings. The standard InChI is InChI=1S/C25H30N6O5/c1-15-11-22(29-16(2)28-15)31-21-12-20(19(13-27-21)24(32)26-3)30-25(33)18-8-6-7-17(23(18)35-5)14-36-10-9-34-4/h6-8,11-13H,9-10,14H2,1-5H3,(H,26,32)(H2,27,28,29,30,31,33). The lowest BCUT2D eigenvalue weighted by molar-refractivity contribution is 0.0607. The number of amides is 2. The second-order valence-electron chi connectivity index (χ2n) is 7.76.